The van der Waals surface area contributed by atoms with Gasteiger partial charge < -0.3 is 9.64 Å². The second-order valence-corrected chi connectivity index (χ2v) is 13.6. The molecule has 9 heteroatoms. The van der Waals surface area contributed by atoms with Crippen LogP contribution in [-0.4, -0.2) is 61.8 Å². The predicted molar refractivity (Wildman–Crippen MR) is 130 cm³/mol. The number of esters is 1. The van der Waals surface area contributed by atoms with Crippen molar-refractivity contribution in [3.8, 4) is 0 Å². The Labute approximate surface area is 207 Å². The number of likely N-dealkylation sites (tertiary alicyclic amines) is 1. The Morgan fingerprint density at radius 3 is 2.44 bits per heavy atom. The molecule has 1 saturated carbocycles. The summed E-state index contributed by atoms with van der Waals surface area (Å²) in [7, 11) is -3.83. The number of carbonyl (C=O) groups excluding carboxylic acids is 2. The van der Waals surface area contributed by atoms with Crippen LogP contribution >= 0.6 is 11.6 Å². The molecule has 0 radical (unpaired) electrons. The van der Waals surface area contributed by atoms with Crippen LogP contribution in [0.2, 0.25) is 5.02 Å². The summed E-state index contributed by atoms with van der Waals surface area (Å²) in [5.41, 5.74) is 0.347. The SMILES string of the molecule is CC1(C)C[C@@H]2C[C@@](C)(CN2C(=O)COC(=O)c2ccc(Cl)c(S(=O)(=O)N3CCCCCC3)c2)C1. The smallest absolute Gasteiger partial charge is 0.338 e. The zero-order valence-corrected chi connectivity index (χ0v) is 21.9. The number of fused-ring (bicyclic) bond motifs is 2. The lowest BCUT2D eigenvalue weighted by Gasteiger charge is -2.39. The Morgan fingerprint density at radius 2 is 1.76 bits per heavy atom. The normalized spacial score (nSPS) is 27.3. The van der Waals surface area contributed by atoms with E-state index in [-0.39, 0.29) is 44.9 Å². The van der Waals surface area contributed by atoms with Crippen molar-refractivity contribution in [3.05, 3.63) is 28.8 Å². The lowest BCUT2D eigenvalue weighted by atomic mass is 9.65. The van der Waals surface area contributed by atoms with E-state index in [1.54, 1.807) is 0 Å². The monoisotopic (exact) mass is 510 g/mol. The van der Waals surface area contributed by atoms with Crippen molar-refractivity contribution in [1.29, 1.82) is 0 Å². The van der Waals surface area contributed by atoms with E-state index in [9.17, 15) is 18.0 Å². The van der Waals surface area contributed by atoms with E-state index < -0.39 is 16.0 Å². The first-order chi connectivity index (χ1) is 15.9. The fraction of sp³-hybridized carbons (Fsp3) is 0.680. The maximum atomic E-state index is 13.2. The molecule has 188 valence electrons. The van der Waals surface area contributed by atoms with Crippen LogP contribution in [-0.2, 0) is 19.6 Å². The molecule has 0 spiro atoms. The first-order valence-electron chi connectivity index (χ1n) is 12.2. The number of amides is 1. The van der Waals surface area contributed by atoms with E-state index in [2.05, 4.69) is 20.8 Å². The van der Waals surface area contributed by atoms with Crippen molar-refractivity contribution >= 4 is 33.5 Å². The summed E-state index contributed by atoms with van der Waals surface area (Å²) in [6.45, 7) is 7.90. The molecule has 1 aromatic carbocycles. The fourth-order valence-electron chi connectivity index (χ4n) is 6.29. The summed E-state index contributed by atoms with van der Waals surface area (Å²) in [5.74, 6) is -0.933. The van der Waals surface area contributed by atoms with E-state index in [0.29, 0.717) is 19.6 Å². The molecule has 2 saturated heterocycles. The van der Waals surface area contributed by atoms with Crippen molar-refractivity contribution in [1.82, 2.24) is 9.21 Å². The Kier molecular flexibility index (Phi) is 7.06. The molecule has 1 aromatic rings. The van der Waals surface area contributed by atoms with E-state index in [4.69, 9.17) is 16.3 Å². The Hall–Kier alpha value is -1.64. The highest BCUT2D eigenvalue weighted by molar-refractivity contribution is 7.89. The Bertz CT molecular complexity index is 1070. The number of hydrogen-bond acceptors (Lipinski definition) is 5. The quantitative estimate of drug-likeness (QED) is 0.545. The van der Waals surface area contributed by atoms with E-state index in [0.717, 1.165) is 44.9 Å². The van der Waals surface area contributed by atoms with Crippen LogP contribution in [0.3, 0.4) is 0 Å². The molecule has 34 heavy (non-hydrogen) atoms. The highest BCUT2D eigenvalue weighted by atomic mass is 35.5. The minimum Gasteiger partial charge on any atom is -0.452 e. The standard InChI is InChI=1S/C25H35ClN2O5S/c1-24(2)13-19-14-25(3,16-24)17-28(19)22(29)15-33-23(30)18-8-9-20(26)21(12-18)34(31,32)27-10-6-4-5-7-11-27/h8-9,12,19H,4-7,10-11,13-17H2,1-3H3/t19-,25-/m1/s1. The number of ether oxygens (including phenoxy) is 1. The van der Waals surface area contributed by atoms with Crippen molar-refractivity contribution in [2.24, 2.45) is 10.8 Å². The maximum absolute atomic E-state index is 13.2. The largest absolute Gasteiger partial charge is 0.452 e. The highest BCUT2D eigenvalue weighted by Gasteiger charge is 2.51. The van der Waals surface area contributed by atoms with Gasteiger partial charge in [0.1, 0.15) is 4.90 Å². The Balaban J connectivity index is 1.43. The van der Waals surface area contributed by atoms with Gasteiger partial charge in [-0.3, -0.25) is 4.79 Å². The molecule has 7 nitrogen and oxygen atoms in total. The molecule has 1 aliphatic carbocycles. The lowest BCUT2D eigenvalue weighted by molar-refractivity contribution is -0.135. The summed E-state index contributed by atoms with van der Waals surface area (Å²) in [6.07, 6.45) is 6.58. The molecular formula is C25H35ClN2O5S. The molecule has 1 amide bonds. The lowest BCUT2D eigenvalue weighted by Crippen LogP contribution is -2.39. The molecule has 2 heterocycles. The molecule has 0 aromatic heterocycles. The van der Waals surface area contributed by atoms with Crippen LogP contribution < -0.4 is 0 Å². The van der Waals surface area contributed by atoms with Crippen molar-refractivity contribution in [2.75, 3.05) is 26.2 Å². The fourth-order valence-corrected chi connectivity index (χ4v) is 8.31. The number of halogens is 1. The molecular weight excluding hydrogens is 476 g/mol. The average molecular weight is 511 g/mol. The molecule has 4 rings (SSSR count). The number of rotatable bonds is 5. The van der Waals surface area contributed by atoms with Crippen molar-refractivity contribution < 1.29 is 22.7 Å². The molecule has 3 fully saturated rings. The van der Waals surface area contributed by atoms with Gasteiger partial charge in [-0.2, -0.15) is 4.31 Å². The second kappa shape index (κ2) is 9.43. The molecule has 0 N–H and O–H groups in total. The highest BCUT2D eigenvalue weighted by Crippen LogP contribution is 2.52. The van der Waals surface area contributed by atoms with E-state index >= 15 is 0 Å². The summed E-state index contributed by atoms with van der Waals surface area (Å²) in [5, 5.41) is 0.0667. The molecule has 2 aliphatic heterocycles. The summed E-state index contributed by atoms with van der Waals surface area (Å²) < 4.78 is 33.2. The van der Waals surface area contributed by atoms with Crippen LogP contribution in [0.1, 0.15) is 76.1 Å². The van der Waals surface area contributed by atoms with Gasteiger partial charge in [0, 0.05) is 25.7 Å². The predicted octanol–water partition coefficient (Wildman–Crippen LogP) is 4.49. The van der Waals surface area contributed by atoms with Gasteiger partial charge in [-0.25, -0.2) is 13.2 Å². The van der Waals surface area contributed by atoms with Gasteiger partial charge >= 0.3 is 5.97 Å². The molecule has 0 unspecified atom stereocenters. The zero-order chi connectivity index (χ0) is 24.7. The topological polar surface area (TPSA) is 84.0 Å². The summed E-state index contributed by atoms with van der Waals surface area (Å²) in [6, 6.07) is 4.27. The minimum absolute atomic E-state index is 0.0667. The zero-order valence-electron chi connectivity index (χ0n) is 20.3. The number of hydrogen-bond donors (Lipinski definition) is 0. The van der Waals surface area contributed by atoms with Gasteiger partial charge in [0.2, 0.25) is 10.0 Å². The van der Waals surface area contributed by atoms with Crippen LogP contribution in [0, 0.1) is 10.8 Å². The summed E-state index contributed by atoms with van der Waals surface area (Å²) in [4.78, 5) is 27.4. The molecule has 2 bridgehead atoms. The van der Waals surface area contributed by atoms with Crippen LogP contribution in [0.25, 0.3) is 0 Å². The van der Waals surface area contributed by atoms with Gasteiger partial charge in [-0.1, -0.05) is 45.2 Å². The van der Waals surface area contributed by atoms with Crippen LogP contribution in [0.15, 0.2) is 23.1 Å². The third-order valence-corrected chi connectivity index (χ3v) is 9.79. The summed E-state index contributed by atoms with van der Waals surface area (Å²) >= 11 is 6.23. The van der Waals surface area contributed by atoms with Crippen LogP contribution in [0.4, 0.5) is 0 Å². The van der Waals surface area contributed by atoms with E-state index in [1.165, 1.54) is 22.5 Å². The number of sulfonamides is 1. The molecule has 2 atom stereocenters. The first-order valence-corrected chi connectivity index (χ1v) is 14.0. The third kappa shape index (κ3) is 5.29. The van der Waals surface area contributed by atoms with Gasteiger partial charge in [-0.05, 0) is 61.1 Å². The molecule has 3 aliphatic rings. The first kappa shape index (κ1) is 25.5. The maximum Gasteiger partial charge on any atom is 0.338 e. The Morgan fingerprint density at radius 1 is 1.09 bits per heavy atom. The van der Waals surface area contributed by atoms with Crippen molar-refractivity contribution in [3.63, 3.8) is 0 Å². The third-order valence-electron chi connectivity index (χ3n) is 7.41. The van der Waals surface area contributed by atoms with Crippen LogP contribution in [0.5, 0.6) is 0 Å². The van der Waals surface area contributed by atoms with Gasteiger partial charge in [-0.15, -0.1) is 0 Å². The van der Waals surface area contributed by atoms with Gasteiger partial charge in [0.05, 0.1) is 10.6 Å². The number of carbonyl (C=O) groups is 2. The average Bonchev–Trinajstić information content (AvgIpc) is 2.92. The van der Waals surface area contributed by atoms with E-state index in [1.807, 2.05) is 4.90 Å². The second-order valence-electron chi connectivity index (χ2n) is 11.3. The van der Waals surface area contributed by atoms with Gasteiger partial charge in [0.25, 0.3) is 5.91 Å². The van der Waals surface area contributed by atoms with Crippen molar-refractivity contribution in [2.45, 2.75) is 76.7 Å². The number of nitrogens with zero attached hydrogens (tertiary/aromatic N) is 2. The number of benzene rings is 1. The minimum atomic E-state index is -3.83. The van der Waals surface area contributed by atoms with Gasteiger partial charge in [0.15, 0.2) is 6.61 Å².